The average Bonchev–Trinajstić information content (AvgIpc) is 2.86. The number of ketones is 1. The molecule has 3 aromatic rings. The van der Waals surface area contributed by atoms with Crippen molar-refractivity contribution in [2.75, 3.05) is 0 Å². The van der Waals surface area contributed by atoms with Crippen LogP contribution in [0.2, 0.25) is 0 Å². The second-order valence-corrected chi connectivity index (χ2v) is 4.62. The second-order valence-electron chi connectivity index (χ2n) is 3.73. The van der Waals surface area contributed by atoms with Gasteiger partial charge in [0.25, 0.3) is 0 Å². The molecule has 1 heterocycles. The first-order chi connectivity index (χ1) is 8.34. The number of nitrogens with zero attached hydrogens (tertiary/aromatic N) is 1. The molecule has 3 heteroatoms. The van der Waals surface area contributed by atoms with Crippen molar-refractivity contribution in [2.24, 2.45) is 0 Å². The largest absolute Gasteiger partial charge is 0.289 e. The Hall–Kier alpha value is -2.00. The average molecular weight is 239 g/mol. The number of fused-ring (bicyclic) bond motifs is 1. The number of carbonyl (C=O) groups excluding carboxylic acids is 1. The number of rotatable bonds is 2. The lowest BCUT2D eigenvalue weighted by Crippen LogP contribution is -2.00. The van der Waals surface area contributed by atoms with Crippen molar-refractivity contribution in [2.45, 2.75) is 0 Å². The second kappa shape index (κ2) is 4.11. The highest BCUT2D eigenvalue weighted by Gasteiger charge is 2.09. The monoisotopic (exact) mass is 239 g/mol. The summed E-state index contributed by atoms with van der Waals surface area (Å²) in [4.78, 5) is 16.4. The Kier molecular flexibility index (Phi) is 2.46. The molecular formula is C14H9NOS. The van der Waals surface area contributed by atoms with E-state index < -0.39 is 0 Å². The van der Waals surface area contributed by atoms with E-state index in [0.717, 1.165) is 10.2 Å². The molecule has 0 atom stereocenters. The van der Waals surface area contributed by atoms with E-state index >= 15 is 0 Å². The summed E-state index contributed by atoms with van der Waals surface area (Å²) in [6.45, 7) is 0. The predicted octanol–water partition coefficient (Wildman–Crippen LogP) is 3.53. The van der Waals surface area contributed by atoms with E-state index in [9.17, 15) is 4.79 Å². The summed E-state index contributed by atoms with van der Waals surface area (Å²) >= 11 is 1.58. The third-order valence-electron chi connectivity index (χ3n) is 2.63. The van der Waals surface area contributed by atoms with Gasteiger partial charge in [-0.15, -0.1) is 11.3 Å². The lowest BCUT2D eigenvalue weighted by molar-refractivity contribution is 0.103. The lowest BCUT2D eigenvalue weighted by Gasteiger charge is -2.00. The summed E-state index contributed by atoms with van der Waals surface area (Å²) in [7, 11) is 0. The summed E-state index contributed by atoms with van der Waals surface area (Å²) in [5, 5.41) is 0. The van der Waals surface area contributed by atoms with Gasteiger partial charge in [-0.3, -0.25) is 4.79 Å². The molecule has 17 heavy (non-hydrogen) atoms. The molecule has 0 amide bonds. The Labute approximate surface area is 103 Å². The third-order valence-corrected chi connectivity index (χ3v) is 3.44. The van der Waals surface area contributed by atoms with Crippen LogP contribution in [0.3, 0.4) is 0 Å². The maximum atomic E-state index is 12.2. The predicted molar refractivity (Wildman–Crippen MR) is 69.5 cm³/mol. The summed E-state index contributed by atoms with van der Waals surface area (Å²) in [5.41, 5.74) is 4.08. The minimum atomic E-state index is 0.0421. The van der Waals surface area contributed by atoms with Crippen molar-refractivity contribution in [1.29, 1.82) is 0 Å². The molecule has 0 aliphatic rings. The van der Waals surface area contributed by atoms with Gasteiger partial charge in [0.2, 0.25) is 0 Å². The van der Waals surface area contributed by atoms with E-state index in [1.54, 1.807) is 16.8 Å². The molecule has 0 bridgehead atoms. The van der Waals surface area contributed by atoms with E-state index in [4.69, 9.17) is 0 Å². The topological polar surface area (TPSA) is 30.0 Å². The molecule has 0 saturated carbocycles. The molecule has 3 rings (SSSR count). The van der Waals surface area contributed by atoms with Crippen LogP contribution in [0.5, 0.6) is 0 Å². The number of carbonyl (C=O) groups is 1. The Morgan fingerprint density at radius 3 is 2.65 bits per heavy atom. The molecule has 0 saturated heterocycles. The van der Waals surface area contributed by atoms with Crippen molar-refractivity contribution in [1.82, 2.24) is 4.98 Å². The molecule has 0 fully saturated rings. The van der Waals surface area contributed by atoms with Gasteiger partial charge in [0.15, 0.2) is 5.78 Å². The number of thiazole rings is 1. The molecule has 0 N–H and O–H groups in total. The summed E-state index contributed by atoms with van der Waals surface area (Å²) in [6.07, 6.45) is 0. The van der Waals surface area contributed by atoms with E-state index in [1.165, 1.54) is 0 Å². The van der Waals surface area contributed by atoms with Crippen LogP contribution in [0.25, 0.3) is 10.2 Å². The highest BCUT2D eigenvalue weighted by atomic mass is 32.1. The van der Waals surface area contributed by atoms with Crippen molar-refractivity contribution in [3.05, 3.63) is 65.2 Å². The SMILES string of the molecule is O=C(c1ccccc1)c1ccc2scnc2c1. The van der Waals surface area contributed by atoms with Gasteiger partial charge in [0.05, 0.1) is 15.7 Å². The fraction of sp³-hybridized carbons (Fsp3) is 0. The Bertz CT molecular complexity index is 673. The van der Waals surface area contributed by atoms with Gasteiger partial charge in [-0.25, -0.2) is 4.98 Å². The van der Waals surface area contributed by atoms with E-state index in [0.29, 0.717) is 11.1 Å². The summed E-state index contributed by atoms with van der Waals surface area (Å²) in [6, 6.07) is 14.9. The molecular weight excluding hydrogens is 230 g/mol. The normalized spacial score (nSPS) is 10.6. The van der Waals surface area contributed by atoms with Gasteiger partial charge in [-0.1, -0.05) is 30.3 Å². The van der Waals surface area contributed by atoms with Gasteiger partial charge in [0.1, 0.15) is 0 Å². The highest BCUT2D eigenvalue weighted by molar-refractivity contribution is 7.16. The molecule has 82 valence electrons. The minimum Gasteiger partial charge on any atom is -0.289 e. The van der Waals surface area contributed by atoms with E-state index in [-0.39, 0.29) is 5.78 Å². The Morgan fingerprint density at radius 2 is 1.82 bits per heavy atom. The van der Waals surface area contributed by atoms with E-state index in [2.05, 4.69) is 4.98 Å². The van der Waals surface area contributed by atoms with Gasteiger partial charge >= 0.3 is 0 Å². The first-order valence-electron chi connectivity index (χ1n) is 5.27. The standard InChI is InChI=1S/C14H9NOS/c16-14(10-4-2-1-3-5-10)11-6-7-13-12(8-11)15-9-17-13/h1-9H. The number of aromatic nitrogens is 1. The highest BCUT2D eigenvalue weighted by Crippen LogP contribution is 2.20. The molecule has 0 radical (unpaired) electrons. The molecule has 0 aliphatic heterocycles. The Balaban J connectivity index is 2.06. The first-order valence-corrected chi connectivity index (χ1v) is 6.15. The molecule has 0 aliphatic carbocycles. The number of hydrogen-bond acceptors (Lipinski definition) is 3. The zero-order valence-corrected chi connectivity index (χ0v) is 9.78. The van der Waals surface area contributed by atoms with Crippen LogP contribution in [-0.4, -0.2) is 10.8 Å². The van der Waals surface area contributed by atoms with Crippen LogP contribution in [0.15, 0.2) is 54.0 Å². The van der Waals surface area contributed by atoms with Crippen LogP contribution < -0.4 is 0 Å². The summed E-state index contributed by atoms with van der Waals surface area (Å²) < 4.78 is 1.11. The smallest absolute Gasteiger partial charge is 0.193 e. The maximum Gasteiger partial charge on any atom is 0.193 e. The van der Waals surface area contributed by atoms with Crippen molar-refractivity contribution >= 4 is 27.3 Å². The quantitative estimate of drug-likeness (QED) is 0.640. The van der Waals surface area contributed by atoms with Crippen LogP contribution in [0.1, 0.15) is 15.9 Å². The third kappa shape index (κ3) is 1.85. The number of hydrogen-bond donors (Lipinski definition) is 0. The number of benzene rings is 2. The van der Waals surface area contributed by atoms with Gasteiger partial charge < -0.3 is 0 Å². The maximum absolute atomic E-state index is 12.2. The van der Waals surface area contributed by atoms with Crippen molar-refractivity contribution in [3.8, 4) is 0 Å². The van der Waals surface area contributed by atoms with Crippen LogP contribution in [-0.2, 0) is 0 Å². The fourth-order valence-electron chi connectivity index (χ4n) is 1.76. The minimum absolute atomic E-state index is 0.0421. The van der Waals surface area contributed by atoms with Crippen molar-refractivity contribution in [3.63, 3.8) is 0 Å². The van der Waals surface area contributed by atoms with Crippen LogP contribution in [0.4, 0.5) is 0 Å². The Morgan fingerprint density at radius 1 is 1.00 bits per heavy atom. The molecule has 2 aromatic carbocycles. The van der Waals surface area contributed by atoms with Gasteiger partial charge in [-0.2, -0.15) is 0 Å². The van der Waals surface area contributed by atoms with Crippen LogP contribution >= 0.6 is 11.3 Å². The molecule has 0 spiro atoms. The van der Waals surface area contributed by atoms with Crippen LogP contribution in [0, 0.1) is 0 Å². The molecule has 1 aromatic heterocycles. The fourth-order valence-corrected chi connectivity index (χ4v) is 2.41. The van der Waals surface area contributed by atoms with Gasteiger partial charge in [-0.05, 0) is 18.2 Å². The van der Waals surface area contributed by atoms with Gasteiger partial charge in [0, 0.05) is 11.1 Å². The summed E-state index contributed by atoms with van der Waals surface area (Å²) in [5.74, 6) is 0.0421. The van der Waals surface area contributed by atoms with E-state index in [1.807, 2.05) is 48.5 Å². The lowest BCUT2D eigenvalue weighted by atomic mass is 10.0. The zero-order chi connectivity index (χ0) is 11.7. The van der Waals surface area contributed by atoms with Crippen molar-refractivity contribution < 1.29 is 4.79 Å². The zero-order valence-electron chi connectivity index (χ0n) is 8.96. The molecule has 0 unspecified atom stereocenters. The molecule has 2 nitrogen and oxygen atoms in total. The first kappa shape index (κ1) is 10.2.